The summed E-state index contributed by atoms with van der Waals surface area (Å²) in [4.78, 5) is 23.4. The standard InChI is InChI=1S/C15H20O5/c1-7(2)13(16)19-8(3)18-11-9-5-10-12(11)20-14(17)15(10,4)6-9/h8-12H,1,5-6H2,2-4H3. The van der Waals surface area contributed by atoms with E-state index in [0.29, 0.717) is 11.5 Å². The van der Waals surface area contributed by atoms with Crippen molar-refractivity contribution in [1.82, 2.24) is 0 Å². The van der Waals surface area contributed by atoms with Crippen LogP contribution >= 0.6 is 0 Å². The van der Waals surface area contributed by atoms with Crippen molar-refractivity contribution in [3.63, 3.8) is 0 Å². The van der Waals surface area contributed by atoms with Crippen LogP contribution in [0.5, 0.6) is 0 Å². The van der Waals surface area contributed by atoms with Crippen molar-refractivity contribution in [1.29, 1.82) is 0 Å². The molecular formula is C15H20O5. The third-order valence-electron chi connectivity index (χ3n) is 4.93. The van der Waals surface area contributed by atoms with Gasteiger partial charge in [0.2, 0.25) is 6.29 Å². The van der Waals surface area contributed by atoms with E-state index in [1.165, 1.54) is 0 Å². The first-order valence-corrected chi connectivity index (χ1v) is 7.06. The summed E-state index contributed by atoms with van der Waals surface area (Å²) in [7, 11) is 0. The molecule has 2 bridgehead atoms. The van der Waals surface area contributed by atoms with Crippen LogP contribution in [0.25, 0.3) is 0 Å². The Morgan fingerprint density at radius 2 is 2.25 bits per heavy atom. The van der Waals surface area contributed by atoms with Gasteiger partial charge < -0.3 is 14.2 Å². The van der Waals surface area contributed by atoms with Crippen molar-refractivity contribution >= 4 is 11.9 Å². The van der Waals surface area contributed by atoms with Gasteiger partial charge in [-0.2, -0.15) is 0 Å². The maximum absolute atomic E-state index is 11.9. The number of hydrogen-bond acceptors (Lipinski definition) is 5. The van der Waals surface area contributed by atoms with Crippen molar-refractivity contribution in [2.75, 3.05) is 0 Å². The second-order valence-electron chi connectivity index (χ2n) is 6.45. The fraction of sp³-hybridized carbons (Fsp3) is 0.733. The molecule has 5 heteroatoms. The Hall–Kier alpha value is -1.36. The number of hydrogen-bond donors (Lipinski definition) is 0. The molecule has 0 amide bonds. The van der Waals surface area contributed by atoms with Gasteiger partial charge in [0.05, 0.1) is 5.41 Å². The Bertz CT molecular complexity index is 485. The normalized spacial score (nSPS) is 42.5. The summed E-state index contributed by atoms with van der Waals surface area (Å²) in [6.45, 7) is 8.80. The summed E-state index contributed by atoms with van der Waals surface area (Å²) in [5, 5.41) is 0. The van der Waals surface area contributed by atoms with Crippen LogP contribution in [0.3, 0.4) is 0 Å². The van der Waals surface area contributed by atoms with Crippen molar-refractivity contribution < 1.29 is 23.8 Å². The monoisotopic (exact) mass is 280 g/mol. The Labute approximate surface area is 118 Å². The van der Waals surface area contributed by atoms with Crippen LogP contribution < -0.4 is 0 Å². The van der Waals surface area contributed by atoms with Gasteiger partial charge in [-0.05, 0) is 39.5 Å². The topological polar surface area (TPSA) is 61.8 Å². The Morgan fingerprint density at radius 1 is 1.55 bits per heavy atom. The summed E-state index contributed by atoms with van der Waals surface area (Å²) in [6, 6.07) is 0. The Balaban J connectivity index is 1.65. The summed E-state index contributed by atoms with van der Waals surface area (Å²) in [5.41, 5.74) is 0.0144. The minimum Gasteiger partial charge on any atom is -0.459 e. The highest BCUT2D eigenvalue weighted by molar-refractivity contribution is 5.87. The molecule has 20 heavy (non-hydrogen) atoms. The predicted molar refractivity (Wildman–Crippen MR) is 69.4 cm³/mol. The highest BCUT2D eigenvalue weighted by Crippen LogP contribution is 2.62. The van der Waals surface area contributed by atoms with E-state index in [2.05, 4.69) is 6.58 Å². The molecule has 0 spiro atoms. The molecule has 1 heterocycles. The van der Waals surface area contributed by atoms with Gasteiger partial charge >= 0.3 is 11.9 Å². The quantitative estimate of drug-likeness (QED) is 0.446. The zero-order valence-corrected chi connectivity index (χ0v) is 12.0. The van der Waals surface area contributed by atoms with Gasteiger partial charge in [0.1, 0.15) is 12.2 Å². The predicted octanol–water partition coefficient (Wildman–Crippen LogP) is 1.81. The first-order valence-electron chi connectivity index (χ1n) is 7.06. The average Bonchev–Trinajstić information content (AvgIpc) is 2.90. The third kappa shape index (κ3) is 1.79. The van der Waals surface area contributed by atoms with Crippen molar-refractivity contribution in [3.8, 4) is 0 Å². The largest absolute Gasteiger partial charge is 0.459 e. The van der Waals surface area contributed by atoms with E-state index in [0.717, 1.165) is 12.8 Å². The summed E-state index contributed by atoms with van der Waals surface area (Å²) >= 11 is 0. The van der Waals surface area contributed by atoms with E-state index in [9.17, 15) is 9.59 Å². The molecule has 5 nitrogen and oxygen atoms in total. The minimum absolute atomic E-state index is 0.104. The molecule has 1 aliphatic heterocycles. The molecule has 0 aromatic carbocycles. The molecule has 3 fully saturated rings. The van der Waals surface area contributed by atoms with Gasteiger partial charge in [-0.1, -0.05) is 6.58 Å². The Morgan fingerprint density at radius 3 is 2.90 bits per heavy atom. The van der Waals surface area contributed by atoms with Gasteiger partial charge in [-0.3, -0.25) is 4.79 Å². The maximum atomic E-state index is 11.9. The van der Waals surface area contributed by atoms with E-state index in [4.69, 9.17) is 14.2 Å². The number of carbonyl (C=O) groups is 2. The SMILES string of the molecule is C=C(C)C(=O)OC(C)OC1C2CC3C1OC(=O)C3(C)C2. The number of ether oxygens (including phenoxy) is 3. The molecule has 6 atom stereocenters. The first-order chi connectivity index (χ1) is 9.33. The molecule has 0 aromatic rings. The summed E-state index contributed by atoms with van der Waals surface area (Å²) in [6.07, 6.45) is 0.760. The fourth-order valence-corrected chi connectivity index (χ4v) is 3.94. The second kappa shape index (κ2) is 4.32. The van der Waals surface area contributed by atoms with Crippen LogP contribution in [0.4, 0.5) is 0 Å². The smallest absolute Gasteiger partial charge is 0.335 e. The number of rotatable bonds is 4. The zero-order valence-electron chi connectivity index (χ0n) is 12.0. The van der Waals surface area contributed by atoms with Crippen LogP contribution in [0.1, 0.15) is 33.6 Å². The molecule has 2 saturated carbocycles. The van der Waals surface area contributed by atoms with Gasteiger partial charge in [-0.15, -0.1) is 0 Å². The summed E-state index contributed by atoms with van der Waals surface area (Å²) in [5.74, 6) is -0.0110. The average molecular weight is 280 g/mol. The highest BCUT2D eigenvalue weighted by Gasteiger charge is 2.68. The molecule has 2 aliphatic carbocycles. The van der Waals surface area contributed by atoms with E-state index >= 15 is 0 Å². The summed E-state index contributed by atoms with van der Waals surface area (Å²) < 4.78 is 16.5. The lowest BCUT2D eigenvalue weighted by Gasteiger charge is -2.31. The maximum Gasteiger partial charge on any atom is 0.335 e. The van der Waals surface area contributed by atoms with Gasteiger partial charge in [0.25, 0.3) is 0 Å². The van der Waals surface area contributed by atoms with Crippen molar-refractivity contribution in [2.45, 2.75) is 52.1 Å². The highest BCUT2D eigenvalue weighted by atomic mass is 16.7. The van der Waals surface area contributed by atoms with Crippen LogP contribution in [-0.2, 0) is 23.8 Å². The van der Waals surface area contributed by atoms with Crippen LogP contribution in [-0.4, -0.2) is 30.4 Å². The number of carbonyl (C=O) groups excluding carboxylic acids is 2. The molecule has 0 radical (unpaired) electrons. The second-order valence-corrected chi connectivity index (χ2v) is 6.45. The van der Waals surface area contributed by atoms with Crippen molar-refractivity contribution in [3.05, 3.63) is 12.2 Å². The van der Waals surface area contributed by atoms with Gasteiger partial charge in [0, 0.05) is 11.5 Å². The lowest BCUT2D eigenvalue weighted by atomic mass is 9.75. The lowest BCUT2D eigenvalue weighted by molar-refractivity contribution is -0.197. The first kappa shape index (κ1) is 13.6. The fourth-order valence-electron chi connectivity index (χ4n) is 3.94. The van der Waals surface area contributed by atoms with Gasteiger partial charge in [-0.25, -0.2) is 4.79 Å². The molecule has 110 valence electrons. The van der Waals surface area contributed by atoms with E-state index < -0.39 is 12.3 Å². The zero-order chi connectivity index (χ0) is 14.7. The molecular weight excluding hydrogens is 260 g/mol. The molecule has 0 aromatic heterocycles. The minimum atomic E-state index is -0.658. The van der Waals surface area contributed by atoms with Crippen LogP contribution in [0, 0.1) is 17.3 Å². The molecule has 6 unspecified atom stereocenters. The van der Waals surface area contributed by atoms with Crippen LogP contribution in [0.2, 0.25) is 0 Å². The van der Waals surface area contributed by atoms with E-state index in [-0.39, 0.29) is 29.5 Å². The molecule has 0 N–H and O–H groups in total. The van der Waals surface area contributed by atoms with E-state index in [1.54, 1.807) is 13.8 Å². The number of fused-ring (bicyclic) bond motifs is 1. The van der Waals surface area contributed by atoms with Crippen molar-refractivity contribution in [2.24, 2.45) is 17.3 Å². The molecule has 1 saturated heterocycles. The van der Waals surface area contributed by atoms with E-state index in [1.807, 2.05) is 6.92 Å². The molecule has 3 aliphatic rings. The Kier molecular flexibility index (Phi) is 2.94. The van der Waals surface area contributed by atoms with Gasteiger partial charge in [0.15, 0.2) is 0 Å². The molecule has 3 rings (SSSR count). The lowest BCUT2D eigenvalue weighted by Crippen LogP contribution is -2.40. The number of esters is 2. The third-order valence-corrected chi connectivity index (χ3v) is 4.93. The van der Waals surface area contributed by atoms with Crippen LogP contribution in [0.15, 0.2) is 12.2 Å².